The van der Waals surface area contributed by atoms with Crippen molar-refractivity contribution in [3.8, 4) is 0 Å². The van der Waals surface area contributed by atoms with Crippen LogP contribution in [0.4, 0.5) is 0 Å². The van der Waals surface area contributed by atoms with E-state index in [1.54, 1.807) is 44.7 Å². The third-order valence-corrected chi connectivity index (χ3v) is 8.29. The fourth-order valence-corrected chi connectivity index (χ4v) is 6.11. The van der Waals surface area contributed by atoms with Gasteiger partial charge in [-0.25, -0.2) is 14.3 Å². The summed E-state index contributed by atoms with van der Waals surface area (Å²) in [4.78, 5) is 56.7. The SMILES string of the molecule is Cn1c(C(C(N)=O)c2ccncc2)nc2c1c(=O)n(C(c1cc3ccccc3[nH]1)c1cc3c(Cl)cccc3[nH]1)c(=O)n2C. The molecule has 0 fully saturated rings. The molecule has 0 aliphatic heterocycles. The molecule has 214 valence electrons. The topological polar surface area (TPSA) is 149 Å². The molecule has 5 aromatic heterocycles. The average molecular weight is 593 g/mol. The molecular formula is C31H25ClN8O3. The lowest BCUT2D eigenvalue weighted by Crippen LogP contribution is -2.42. The molecular weight excluding hydrogens is 568 g/mol. The maximum absolute atomic E-state index is 14.5. The summed E-state index contributed by atoms with van der Waals surface area (Å²) in [5, 5.41) is 2.22. The smallest absolute Gasteiger partial charge is 0.333 e. The summed E-state index contributed by atoms with van der Waals surface area (Å²) in [5.41, 5.74) is 8.34. The van der Waals surface area contributed by atoms with Gasteiger partial charge < -0.3 is 20.3 Å². The number of imidazole rings is 1. The van der Waals surface area contributed by atoms with E-state index < -0.39 is 29.1 Å². The highest BCUT2D eigenvalue weighted by Crippen LogP contribution is 2.32. The molecule has 0 aliphatic rings. The minimum absolute atomic E-state index is 0.138. The number of nitrogens with zero attached hydrogens (tertiary/aromatic N) is 5. The van der Waals surface area contributed by atoms with Gasteiger partial charge in [0.1, 0.15) is 17.8 Å². The predicted octanol–water partition coefficient (Wildman–Crippen LogP) is 3.70. The molecule has 0 saturated heterocycles. The minimum atomic E-state index is -0.969. The largest absolute Gasteiger partial charge is 0.369 e. The van der Waals surface area contributed by atoms with E-state index in [9.17, 15) is 14.4 Å². The van der Waals surface area contributed by atoms with Gasteiger partial charge in [0.15, 0.2) is 11.2 Å². The molecule has 7 rings (SSSR count). The Balaban J connectivity index is 1.53. The number of nitrogens with two attached hydrogens (primary N) is 1. The Kier molecular flexibility index (Phi) is 6.06. The maximum Gasteiger partial charge on any atom is 0.333 e. The van der Waals surface area contributed by atoms with Gasteiger partial charge in [-0.15, -0.1) is 0 Å². The van der Waals surface area contributed by atoms with Gasteiger partial charge in [-0.1, -0.05) is 35.9 Å². The van der Waals surface area contributed by atoms with E-state index in [-0.39, 0.29) is 17.0 Å². The number of pyridine rings is 1. The average Bonchev–Trinajstić information content (AvgIpc) is 3.71. The first-order valence-corrected chi connectivity index (χ1v) is 13.8. The maximum atomic E-state index is 14.5. The number of fused-ring (bicyclic) bond motifs is 3. The van der Waals surface area contributed by atoms with Crippen molar-refractivity contribution in [2.24, 2.45) is 19.8 Å². The number of aromatic amines is 2. The quantitative estimate of drug-likeness (QED) is 0.269. The number of nitrogens with one attached hydrogen (secondary N) is 2. The number of primary amides is 1. The number of aryl methyl sites for hydroxylation is 2. The van der Waals surface area contributed by atoms with Gasteiger partial charge in [0.2, 0.25) is 5.91 Å². The zero-order valence-electron chi connectivity index (χ0n) is 23.1. The van der Waals surface area contributed by atoms with Crippen molar-refractivity contribution in [3.05, 3.63) is 128 Å². The number of halogens is 1. The molecule has 5 heterocycles. The molecule has 2 aromatic carbocycles. The van der Waals surface area contributed by atoms with Gasteiger partial charge in [0, 0.05) is 59.3 Å². The fourth-order valence-electron chi connectivity index (χ4n) is 5.89. The first kappa shape index (κ1) is 26.5. The molecule has 0 saturated carbocycles. The van der Waals surface area contributed by atoms with Crippen LogP contribution in [-0.2, 0) is 18.9 Å². The molecule has 2 unspecified atom stereocenters. The second-order valence-corrected chi connectivity index (χ2v) is 10.9. The minimum Gasteiger partial charge on any atom is -0.369 e. The monoisotopic (exact) mass is 592 g/mol. The number of rotatable bonds is 6. The van der Waals surface area contributed by atoms with Crippen LogP contribution in [0.5, 0.6) is 0 Å². The zero-order chi connectivity index (χ0) is 30.0. The number of carbonyl (C=O) groups excluding carboxylic acids is 1. The summed E-state index contributed by atoms with van der Waals surface area (Å²) in [7, 11) is 3.19. The second kappa shape index (κ2) is 9.85. The molecule has 2 atom stereocenters. The van der Waals surface area contributed by atoms with Crippen molar-refractivity contribution in [2.45, 2.75) is 12.0 Å². The number of benzene rings is 2. The summed E-state index contributed by atoms with van der Waals surface area (Å²) in [6.45, 7) is 0. The van der Waals surface area contributed by atoms with E-state index in [1.807, 2.05) is 48.5 Å². The third-order valence-electron chi connectivity index (χ3n) is 7.96. The standard InChI is InChI=1S/C31H25ClN8O3/c1-38-26-29(37-28(38)24(27(33)41)16-10-12-34-13-11-16)39(2)31(43)40(30(26)42)25(22-14-17-6-3-4-8-20(17)35-22)23-15-18-19(32)7-5-9-21(18)36-23/h3-15,24-25,35-36H,1-2H3,(H2,33,41). The van der Waals surface area contributed by atoms with E-state index in [2.05, 4.69) is 19.9 Å². The molecule has 0 aliphatic carbocycles. The highest BCUT2D eigenvalue weighted by Gasteiger charge is 2.31. The third kappa shape index (κ3) is 4.08. The molecule has 0 spiro atoms. The lowest BCUT2D eigenvalue weighted by molar-refractivity contribution is -0.118. The molecule has 11 nitrogen and oxygen atoms in total. The Bertz CT molecular complexity index is 2290. The molecule has 0 bridgehead atoms. The van der Waals surface area contributed by atoms with Crippen LogP contribution in [0.1, 0.15) is 34.7 Å². The molecule has 0 radical (unpaired) electrons. The van der Waals surface area contributed by atoms with Crippen LogP contribution in [0.25, 0.3) is 33.0 Å². The van der Waals surface area contributed by atoms with E-state index in [0.717, 1.165) is 21.8 Å². The van der Waals surface area contributed by atoms with Crippen LogP contribution in [-0.4, -0.2) is 39.5 Å². The first-order chi connectivity index (χ1) is 20.7. The van der Waals surface area contributed by atoms with Crippen LogP contribution < -0.4 is 17.0 Å². The van der Waals surface area contributed by atoms with Crippen LogP contribution in [0, 0.1) is 0 Å². The van der Waals surface area contributed by atoms with Crippen molar-refractivity contribution in [2.75, 3.05) is 0 Å². The van der Waals surface area contributed by atoms with E-state index in [0.29, 0.717) is 22.0 Å². The van der Waals surface area contributed by atoms with Gasteiger partial charge in [0.25, 0.3) is 5.56 Å². The summed E-state index contributed by atoms with van der Waals surface area (Å²) < 4.78 is 4.05. The van der Waals surface area contributed by atoms with Crippen molar-refractivity contribution < 1.29 is 4.79 Å². The van der Waals surface area contributed by atoms with Crippen LogP contribution in [0.15, 0.2) is 88.7 Å². The van der Waals surface area contributed by atoms with Gasteiger partial charge in [-0.3, -0.25) is 19.1 Å². The van der Waals surface area contributed by atoms with Crippen molar-refractivity contribution >= 4 is 50.5 Å². The number of carbonyl (C=O) groups is 1. The van der Waals surface area contributed by atoms with Crippen molar-refractivity contribution in [1.29, 1.82) is 0 Å². The normalized spacial score (nSPS) is 13.2. The lowest BCUT2D eigenvalue weighted by atomic mass is 9.99. The Morgan fingerprint density at radius 2 is 1.60 bits per heavy atom. The van der Waals surface area contributed by atoms with E-state index in [1.165, 1.54) is 13.7 Å². The fraction of sp³-hybridized carbons (Fsp3) is 0.129. The number of aromatic nitrogens is 7. The predicted molar refractivity (Wildman–Crippen MR) is 164 cm³/mol. The van der Waals surface area contributed by atoms with Gasteiger partial charge >= 0.3 is 5.69 Å². The Morgan fingerprint density at radius 1 is 0.907 bits per heavy atom. The van der Waals surface area contributed by atoms with Gasteiger partial charge in [-0.05, 0) is 53.4 Å². The second-order valence-electron chi connectivity index (χ2n) is 10.5. The van der Waals surface area contributed by atoms with Crippen LogP contribution >= 0.6 is 11.6 Å². The lowest BCUT2D eigenvalue weighted by Gasteiger charge is -2.18. The van der Waals surface area contributed by atoms with Crippen LogP contribution in [0.3, 0.4) is 0 Å². The summed E-state index contributed by atoms with van der Waals surface area (Å²) in [6.07, 6.45) is 3.10. The molecule has 1 amide bonds. The Morgan fingerprint density at radius 3 is 2.33 bits per heavy atom. The van der Waals surface area contributed by atoms with Crippen LogP contribution in [0.2, 0.25) is 5.02 Å². The molecule has 43 heavy (non-hydrogen) atoms. The molecule has 12 heteroatoms. The number of H-pyrrole nitrogens is 2. The first-order valence-electron chi connectivity index (χ1n) is 13.5. The highest BCUT2D eigenvalue weighted by molar-refractivity contribution is 6.35. The Hall–Kier alpha value is -5.42. The van der Waals surface area contributed by atoms with Gasteiger partial charge in [0.05, 0.1) is 0 Å². The summed E-state index contributed by atoms with van der Waals surface area (Å²) >= 11 is 6.51. The number of amides is 1. The number of hydrogen-bond acceptors (Lipinski definition) is 5. The van der Waals surface area contributed by atoms with Gasteiger partial charge in [-0.2, -0.15) is 0 Å². The zero-order valence-corrected chi connectivity index (χ0v) is 23.8. The number of hydrogen-bond donors (Lipinski definition) is 3. The highest BCUT2D eigenvalue weighted by atomic mass is 35.5. The van der Waals surface area contributed by atoms with E-state index >= 15 is 0 Å². The molecule has 7 aromatic rings. The number of para-hydroxylation sites is 1. The summed E-state index contributed by atoms with van der Waals surface area (Å²) in [6, 6.07) is 19.4. The molecule has 4 N–H and O–H groups in total. The summed E-state index contributed by atoms with van der Waals surface area (Å²) in [5.74, 6) is -1.39. The van der Waals surface area contributed by atoms with Crippen molar-refractivity contribution in [1.82, 2.24) is 33.6 Å². The Labute approximate surface area is 248 Å². The van der Waals surface area contributed by atoms with Crippen molar-refractivity contribution in [3.63, 3.8) is 0 Å². The van der Waals surface area contributed by atoms with E-state index in [4.69, 9.17) is 17.3 Å².